The van der Waals surface area contributed by atoms with Crippen LogP contribution >= 0.6 is 0 Å². The van der Waals surface area contributed by atoms with Gasteiger partial charge in [0.25, 0.3) is 0 Å². The quantitative estimate of drug-likeness (QED) is 0.812. The second kappa shape index (κ2) is 6.37. The smallest absolute Gasteiger partial charge is 0.307 e. The summed E-state index contributed by atoms with van der Waals surface area (Å²) in [6.07, 6.45) is 6.18. The maximum Gasteiger partial charge on any atom is 0.307 e. The molecule has 0 aromatic carbocycles. The van der Waals surface area contributed by atoms with Gasteiger partial charge in [-0.1, -0.05) is 12.8 Å². The van der Waals surface area contributed by atoms with Gasteiger partial charge in [0.15, 0.2) is 0 Å². The zero-order valence-electron chi connectivity index (χ0n) is 11.4. The van der Waals surface area contributed by atoms with Crippen LogP contribution in [0.15, 0.2) is 0 Å². The summed E-state index contributed by atoms with van der Waals surface area (Å²) in [5, 5.41) is 12.2. The maximum absolute atomic E-state index is 12.3. The van der Waals surface area contributed by atoms with Gasteiger partial charge in [-0.05, 0) is 32.1 Å². The molecule has 0 saturated heterocycles. The van der Waals surface area contributed by atoms with E-state index in [1.165, 1.54) is 0 Å². The molecule has 4 atom stereocenters. The predicted molar refractivity (Wildman–Crippen MR) is 69.7 cm³/mol. The molecule has 0 aliphatic heterocycles. The highest BCUT2D eigenvalue weighted by Crippen LogP contribution is 2.31. The summed E-state index contributed by atoms with van der Waals surface area (Å²) in [6, 6.07) is 0.0499. The standard InChI is InChI=1S/C14H23NO4/c1-19-12-8-4-7-11(12)15-13(16)9-5-2-3-6-10(9)14(17)18/h9-12H,2-8H2,1H3,(H,15,16)(H,17,18)/t9-,10+,11?,12?/m1/s1. The van der Waals surface area contributed by atoms with Crippen molar-refractivity contribution < 1.29 is 19.4 Å². The number of ether oxygens (including phenoxy) is 1. The predicted octanol–water partition coefficient (Wildman–Crippen LogP) is 1.56. The zero-order chi connectivity index (χ0) is 13.8. The number of carbonyl (C=O) groups excluding carboxylic acids is 1. The number of carboxylic acid groups (broad SMARTS) is 1. The molecule has 0 bridgehead atoms. The van der Waals surface area contributed by atoms with Gasteiger partial charge >= 0.3 is 5.97 Å². The fourth-order valence-electron chi connectivity index (χ4n) is 3.40. The van der Waals surface area contributed by atoms with E-state index in [0.717, 1.165) is 32.1 Å². The summed E-state index contributed by atoms with van der Waals surface area (Å²) < 4.78 is 5.36. The summed E-state index contributed by atoms with van der Waals surface area (Å²) >= 11 is 0. The number of nitrogens with one attached hydrogen (secondary N) is 1. The Morgan fingerprint density at radius 1 is 1.05 bits per heavy atom. The van der Waals surface area contributed by atoms with Crippen molar-refractivity contribution in [2.75, 3.05) is 7.11 Å². The fraction of sp³-hybridized carbons (Fsp3) is 0.857. The Morgan fingerprint density at radius 2 is 1.74 bits per heavy atom. The molecular weight excluding hydrogens is 246 g/mol. The van der Waals surface area contributed by atoms with E-state index in [9.17, 15) is 14.7 Å². The van der Waals surface area contributed by atoms with E-state index in [1.807, 2.05) is 0 Å². The zero-order valence-corrected chi connectivity index (χ0v) is 11.4. The molecule has 0 aromatic rings. The van der Waals surface area contributed by atoms with Crippen LogP contribution in [0.4, 0.5) is 0 Å². The van der Waals surface area contributed by atoms with Crippen molar-refractivity contribution in [1.29, 1.82) is 0 Å². The molecular formula is C14H23NO4. The lowest BCUT2D eigenvalue weighted by Crippen LogP contribution is -2.46. The average Bonchev–Trinajstić information content (AvgIpc) is 2.85. The van der Waals surface area contributed by atoms with Gasteiger partial charge in [-0.15, -0.1) is 0 Å². The van der Waals surface area contributed by atoms with Crippen LogP contribution in [0.5, 0.6) is 0 Å². The van der Waals surface area contributed by atoms with E-state index in [1.54, 1.807) is 7.11 Å². The number of carboxylic acids is 1. The molecule has 0 radical (unpaired) electrons. The lowest BCUT2D eigenvalue weighted by Gasteiger charge is -2.29. The first kappa shape index (κ1) is 14.3. The topological polar surface area (TPSA) is 75.6 Å². The first-order chi connectivity index (χ1) is 9.13. The highest BCUT2D eigenvalue weighted by Gasteiger charge is 2.38. The molecule has 0 aromatic heterocycles. The third kappa shape index (κ3) is 3.26. The molecule has 2 aliphatic rings. The van der Waals surface area contributed by atoms with Crippen LogP contribution in [0.3, 0.4) is 0 Å². The Labute approximate surface area is 113 Å². The Bertz CT molecular complexity index is 344. The Kier molecular flexibility index (Phi) is 4.80. The number of carbonyl (C=O) groups is 2. The van der Waals surface area contributed by atoms with Gasteiger partial charge < -0.3 is 15.2 Å². The third-order valence-electron chi connectivity index (χ3n) is 4.50. The second-order valence-corrected chi connectivity index (χ2v) is 5.66. The van der Waals surface area contributed by atoms with Gasteiger partial charge in [-0.25, -0.2) is 0 Å². The average molecular weight is 269 g/mol. The second-order valence-electron chi connectivity index (χ2n) is 5.66. The van der Waals surface area contributed by atoms with Gasteiger partial charge in [-0.2, -0.15) is 0 Å². The monoisotopic (exact) mass is 269 g/mol. The van der Waals surface area contributed by atoms with E-state index in [4.69, 9.17) is 4.74 Å². The Hall–Kier alpha value is -1.10. The van der Waals surface area contributed by atoms with Crippen LogP contribution in [-0.4, -0.2) is 36.2 Å². The number of methoxy groups -OCH3 is 1. The summed E-state index contributed by atoms with van der Waals surface area (Å²) in [4.78, 5) is 23.5. The van der Waals surface area contributed by atoms with Gasteiger partial charge in [0.1, 0.15) is 0 Å². The van der Waals surface area contributed by atoms with Crippen LogP contribution in [0.1, 0.15) is 44.9 Å². The highest BCUT2D eigenvalue weighted by molar-refractivity contribution is 5.85. The molecule has 2 saturated carbocycles. The van der Waals surface area contributed by atoms with E-state index in [0.29, 0.717) is 12.8 Å². The molecule has 5 heteroatoms. The number of hydrogen-bond acceptors (Lipinski definition) is 3. The largest absolute Gasteiger partial charge is 0.481 e. The summed E-state index contributed by atoms with van der Waals surface area (Å²) in [5.41, 5.74) is 0. The van der Waals surface area contributed by atoms with Crippen molar-refractivity contribution in [2.24, 2.45) is 11.8 Å². The van der Waals surface area contributed by atoms with Crippen molar-refractivity contribution in [2.45, 2.75) is 57.1 Å². The first-order valence-corrected chi connectivity index (χ1v) is 7.19. The van der Waals surface area contributed by atoms with Crippen LogP contribution in [0.2, 0.25) is 0 Å². The van der Waals surface area contributed by atoms with Gasteiger partial charge in [0.05, 0.1) is 24.0 Å². The van der Waals surface area contributed by atoms with E-state index in [2.05, 4.69) is 5.32 Å². The molecule has 19 heavy (non-hydrogen) atoms. The third-order valence-corrected chi connectivity index (χ3v) is 4.50. The number of rotatable bonds is 4. The molecule has 2 N–H and O–H groups in total. The number of hydrogen-bond donors (Lipinski definition) is 2. The van der Waals surface area contributed by atoms with Crippen molar-refractivity contribution in [3.05, 3.63) is 0 Å². The molecule has 108 valence electrons. The minimum atomic E-state index is -0.838. The highest BCUT2D eigenvalue weighted by atomic mass is 16.5. The van der Waals surface area contributed by atoms with Crippen LogP contribution in [-0.2, 0) is 14.3 Å². The lowest BCUT2D eigenvalue weighted by atomic mass is 9.78. The van der Waals surface area contributed by atoms with Gasteiger partial charge in [0, 0.05) is 7.11 Å². The van der Waals surface area contributed by atoms with Crippen molar-refractivity contribution in [3.8, 4) is 0 Å². The minimum Gasteiger partial charge on any atom is -0.481 e. The fourth-order valence-corrected chi connectivity index (χ4v) is 3.40. The molecule has 0 spiro atoms. The van der Waals surface area contributed by atoms with Crippen molar-refractivity contribution in [1.82, 2.24) is 5.32 Å². The van der Waals surface area contributed by atoms with Gasteiger partial charge in [-0.3, -0.25) is 9.59 Å². The molecule has 2 rings (SSSR count). The van der Waals surface area contributed by atoms with E-state index in [-0.39, 0.29) is 24.0 Å². The van der Waals surface area contributed by atoms with E-state index >= 15 is 0 Å². The van der Waals surface area contributed by atoms with Crippen molar-refractivity contribution in [3.63, 3.8) is 0 Å². The minimum absolute atomic E-state index is 0.0499. The molecule has 2 unspecified atom stereocenters. The Balaban J connectivity index is 1.95. The molecule has 0 heterocycles. The first-order valence-electron chi connectivity index (χ1n) is 7.19. The SMILES string of the molecule is COC1CCCC1NC(=O)[C@@H]1CCCC[C@@H]1C(=O)O. The normalized spacial score (nSPS) is 35.0. The lowest BCUT2D eigenvalue weighted by molar-refractivity contribution is -0.149. The molecule has 5 nitrogen and oxygen atoms in total. The summed E-state index contributed by atoms with van der Waals surface area (Å²) in [5.74, 6) is -1.82. The summed E-state index contributed by atoms with van der Waals surface area (Å²) in [6.45, 7) is 0. The molecule has 2 aliphatic carbocycles. The molecule has 2 fully saturated rings. The van der Waals surface area contributed by atoms with Crippen LogP contribution in [0, 0.1) is 11.8 Å². The van der Waals surface area contributed by atoms with Crippen LogP contribution < -0.4 is 5.32 Å². The number of aliphatic carboxylic acids is 1. The maximum atomic E-state index is 12.3. The Morgan fingerprint density at radius 3 is 2.37 bits per heavy atom. The number of amides is 1. The molecule has 1 amide bonds. The van der Waals surface area contributed by atoms with Gasteiger partial charge in [0.2, 0.25) is 5.91 Å². The van der Waals surface area contributed by atoms with Crippen molar-refractivity contribution >= 4 is 11.9 Å². The van der Waals surface area contributed by atoms with E-state index < -0.39 is 11.9 Å². The summed E-state index contributed by atoms with van der Waals surface area (Å²) in [7, 11) is 1.66. The van der Waals surface area contributed by atoms with Crippen LogP contribution in [0.25, 0.3) is 0 Å².